The third-order valence-corrected chi connectivity index (χ3v) is 3.95. The Balaban J connectivity index is 1.99. The molecule has 0 saturated heterocycles. The molecule has 1 fully saturated rings. The number of nitrogens with one attached hydrogen (secondary N) is 1. The summed E-state index contributed by atoms with van der Waals surface area (Å²) in [6, 6.07) is 9.84. The number of rotatable bonds is 6. The Morgan fingerprint density at radius 1 is 1.42 bits per heavy atom. The van der Waals surface area contributed by atoms with Gasteiger partial charge in [-0.1, -0.05) is 36.8 Å². The highest BCUT2D eigenvalue weighted by Gasteiger charge is 2.24. The first-order valence-corrected chi connectivity index (χ1v) is 6.94. The Bertz CT molecular complexity index is 403. The molecule has 1 unspecified atom stereocenters. The van der Waals surface area contributed by atoms with Gasteiger partial charge in [-0.2, -0.15) is 0 Å². The minimum Gasteiger partial charge on any atom is -0.305 e. The van der Waals surface area contributed by atoms with Crippen LogP contribution in [-0.4, -0.2) is 30.9 Å². The van der Waals surface area contributed by atoms with E-state index in [-0.39, 0.29) is 11.8 Å². The molecule has 0 bridgehead atoms. The zero-order chi connectivity index (χ0) is 13.7. The summed E-state index contributed by atoms with van der Waals surface area (Å²) < 4.78 is 0. The van der Waals surface area contributed by atoms with Gasteiger partial charge in [0.1, 0.15) is 0 Å². The summed E-state index contributed by atoms with van der Waals surface area (Å²) in [5.74, 6) is 5.80. The third-order valence-electron chi connectivity index (χ3n) is 3.95. The van der Waals surface area contributed by atoms with Crippen LogP contribution in [0.25, 0.3) is 0 Å². The van der Waals surface area contributed by atoms with Gasteiger partial charge in [-0.25, -0.2) is 5.84 Å². The van der Waals surface area contributed by atoms with Gasteiger partial charge in [0, 0.05) is 13.1 Å². The molecule has 4 heteroatoms. The highest BCUT2D eigenvalue weighted by atomic mass is 16.2. The number of carbonyl (C=O) groups is 1. The molecule has 2 rings (SSSR count). The molecule has 1 aliphatic carbocycles. The van der Waals surface area contributed by atoms with E-state index in [1.165, 1.54) is 19.3 Å². The van der Waals surface area contributed by atoms with Crippen molar-refractivity contribution in [2.24, 2.45) is 11.8 Å². The third kappa shape index (κ3) is 3.78. The average Bonchev–Trinajstić information content (AvgIpc) is 2.40. The monoisotopic (exact) mass is 261 g/mol. The molecule has 1 aromatic rings. The van der Waals surface area contributed by atoms with E-state index in [0.717, 1.165) is 18.0 Å². The van der Waals surface area contributed by atoms with Gasteiger partial charge in [-0.3, -0.25) is 10.2 Å². The lowest BCUT2D eigenvalue weighted by Crippen LogP contribution is -2.41. The quantitative estimate of drug-likeness (QED) is 0.463. The van der Waals surface area contributed by atoms with Gasteiger partial charge < -0.3 is 4.90 Å². The molecule has 0 radical (unpaired) electrons. The van der Waals surface area contributed by atoms with Crippen LogP contribution >= 0.6 is 0 Å². The molecular weight excluding hydrogens is 238 g/mol. The highest BCUT2D eigenvalue weighted by molar-refractivity contribution is 5.83. The molecule has 0 aromatic heterocycles. The zero-order valence-electron chi connectivity index (χ0n) is 11.5. The van der Waals surface area contributed by atoms with Gasteiger partial charge >= 0.3 is 0 Å². The van der Waals surface area contributed by atoms with Gasteiger partial charge in [0.2, 0.25) is 5.91 Å². The van der Waals surface area contributed by atoms with Crippen LogP contribution < -0.4 is 11.3 Å². The zero-order valence-corrected chi connectivity index (χ0v) is 11.5. The van der Waals surface area contributed by atoms with Crippen molar-refractivity contribution >= 4 is 5.91 Å². The number of benzene rings is 1. The smallest absolute Gasteiger partial charge is 0.242 e. The lowest BCUT2D eigenvalue weighted by atomic mass is 9.85. The van der Waals surface area contributed by atoms with Gasteiger partial charge in [0.25, 0.3) is 0 Å². The van der Waals surface area contributed by atoms with E-state index in [4.69, 9.17) is 5.84 Å². The Labute approximate surface area is 114 Å². The molecule has 1 aromatic carbocycles. The second-order valence-corrected chi connectivity index (χ2v) is 5.49. The number of nitrogens with two attached hydrogens (primary N) is 1. The summed E-state index contributed by atoms with van der Waals surface area (Å²) >= 11 is 0. The molecule has 1 aliphatic rings. The van der Waals surface area contributed by atoms with Crippen LogP contribution in [0.5, 0.6) is 0 Å². The Morgan fingerprint density at radius 3 is 2.63 bits per heavy atom. The molecule has 1 amide bonds. The van der Waals surface area contributed by atoms with Crippen LogP contribution in [0, 0.1) is 5.92 Å². The molecule has 1 atom stereocenters. The number of hydrogen-bond acceptors (Lipinski definition) is 3. The molecule has 0 aliphatic heterocycles. The summed E-state index contributed by atoms with van der Waals surface area (Å²) in [5, 5.41) is 0. The first-order valence-electron chi connectivity index (χ1n) is 6.94. The predicted molar refractivity (Wildman–Crippen MR) is 76.4 cm³/mol. The molecule has 3 N–H and O–H groups in total. The lowest BCUT2D eigenvalue weighted by molar-refractivity contribution is -0.123. The van der Waals surface area contributed by atoms with E-state index in [9.17, 15) is 4.79 Å². The van der Waals surface area contributed by atoms with E-state index in [0.29, 0.717) is 6.54 Å². The van der Waals surface area contributed by atoms with Crippen molar-refractivity contribution in [2.45, 2.75) is 25.2 Å². The summed E-state index contributed by atoms with van der Waals surface area (Å²) in [6.45, 7) is 1.78. The number of amides is 1. The van der Waals surface area contributed by atoms with Crippen LogP contribution in [0.2, 0.25) is 0 Å². The number of likely N-dealkylation sites (N-methyl/N-ethyl adjacent to an activating group) is 1. The van der Waals surface area contributed by atoms with Crippen molar-refractivity contribution in [1.29, 1.82) is 0 Å². The van der Waals surface area contributed by atoms with Crippen LogP contribution in [-0.2, 0) is 4.79 Å². The second-order valence-electron chi connectivity index (χ2n) is 5.49. The van der Waals surface area contributed by atoms with Crippen molar-refractivity contribution in [3.63, 3.8) is 0 Å². The molecule has 1 saturated carbocycles. The standard InChI is InChI=1S/C15H23N3O/c1-18(10-12-6-5-7-12)11-14(15(19)17-16)13-8-3-2-4-9-13/h2-4,8-9,12,14H,5-7,10-11,16H2,1H3,(H,17,19). The second kappa shape index (κ2) is 6.68. The summed E-state index contributed by atoms with van der Waals surface area (Å²) in [5.41, 5.74) is 3.30. The van der Waals surface area contributed by atoms with Crippen molar-refractivity contribution in [2.75, 3.05) is 20.1 Å². The molecule has 0 spiro atoms. The predicted octanol–water partition coefficient (Wildman–Crippen LogP) is 1.49. The van der Waals surface area contributed by atoms with Crippen molar-refractivity contribution in [3.8, 4) is 0 Å². The molecular formula is C15H23N3O. The van der Waals surface area contributed by atoms with Gasteiger partial charge in [-0.05, 0) is 31.4 Å². The van der Waals surface area contributed by atoms with Crippen LogP contribution in [0.1, 0.15) is 30.7 Å². The van der Waals surface area contributed by atoms with Crippen molar-refractivity contribution in [1.82, 2.24) is 10.3 Å². The Hall–Kier alpha value is -1.39. The minimum absolute atomic E-state index is 0.119. The van der Waals surface area contributed by atoms with E-state index in [1.54, 1.807) is 0 Å². The SMILES string of the molecule is CN(CC1CCC1)CC(C(=O)NN)c1ccccc1. The maximum Gasteiger partial charge on any atom is 0.242 e. The summed E-state index contributed by atoms with van der Waals surface area (Å²) in [7, 11) is 2.08. The van der Waals surface area contributed by atoms with Gasteiger partial charge in [0.05, 0.1) is 5.92 Å². The maximum atomic E-state index is 12.0. The van der Waals surface area contributed by atoms with Gasteiger partial charge in [-0.15, -0.1) is 0 Å². The van der Waals surface area contributed by atoms with E-state index in [1.807, 2.05) is 30.3 Å². The molecule has 19 heavy (non-hydrogen) atoms. The number of carbonyl (C=O) groups excluding carboxylic acids is 1. The van der Waals surface area contributed by atoms with Crippen LogP contribution in [0.4, 0.5) is 0 Å². The normalized spacial score (nSPS) is 17.0. The minimum atomic E-state index is -0.198. The fourth-order valence-electron chi connectivity index (χ4n) is 2.63. The Kier molecular flexibility index (Phi) is 4.93. The topological polar surface area (TPSA) is 58.4 Å². The number of nitrogens with zero attached hydrogens (tertiary/aromatic N) is 1. The first-order chi connectivity index (χ1) is 9.20. The largest absolute Gasteiger partial charge is 0.305 e. The van der Waals surface area contributed by atoms with Crippen LogP contribution in [0.15, 0.2) is 30.3 Å². The molecule has 0 heterocycles. The molecule has 4 nitrogen and oxygen atoms in total. The van der Waals surface area contributed by atoms with Crippen molar-refractivity contribution < 1.29 is 4.79 Å². The lowest BCUT2D eigenvalue weighted by Gasteiger charge is -2.31. The summed E-state index contributed by atoms with van der Waals surface area (Å²) in [4.78, 5) is 14.2. The fraction of sp³-hybridized carbons (Fsp3) is 0.533. The maximum absolute atomic E-state index is 12.0. The number of hydrazine groups is 1. The van der Waals surface area contributed by atoms with E-state index >= 15 is 0 Å². The Morgan fingerprint density at radius 2 is 2.11 bits per heavy atom. The van der Waals surface area contributed by atoms with Crippen molar-refractivity contribution in [3.05, 3.63) is 35.9 Å². The highest BCUT2D eigenvalue weighted by Crippen LogP contribution is 2.27. The van der Waals surface area contributed by atoms with E-state index < -0.39 is 0 Å². The summed E-state index contributed by atoms with van der Waals surface area (Å²) in [6.07, 6.45) is 4.00. The average molecular weight is 261 g/mol. The molecule has 104 valence electrons. The van der Waals surface area contributed by atoms with Crippen LogP contribution in [0.3, 0.4) is 0 Å². The van der Waals surface area contributed by atoms with E-state index in [2.05, 4.69) is 17.4 Å². The fourth-order valence-corrected chi connectivity index (χ4v) is 2.63. The number of hydrogen-bond donors (Lipinski definition) is 2. The first kappa shape index (κ1) is 14.0. The van der Waals surface area contributed by atoms with Gasteiger partial charge in [0.15, 0.2) is 0 Å².